The molecule has 0 aliphatic heterocycles. The van der Waals surface area contributed by atoms with Crippen LogP contribution < -0.4 is 11.5 Å². The number of esters is 1. The van der Waals surface area contributed by atoms with Crippen LogP contribution in [0, 0.1) is 11.6 Å². The summed E-state index contributed by atoms with van der Waals surface area (Å²) in [5, 5.41) is 0. The fourth-order valence-electron chi connectivity index (χ4n) is 1.72. The summed E-state index contributed by atoms with van der Waals surface area (Å²) in [5.41, 5.74) is 11.5. The van der Waals surface area contributed by atoms with Crippen LogP contribution in [0.25, 0.3) is 0 Å². The van der Waals surface area contributed by atoms with E-state index in [9.17, 15) is 13.6 Å². The monoisotopic (exact) mass is 356 g/mol. The fraction of sp³-hybridized carbons (Fsp3) is 0.0714. The first-order valence-corrected chi connectivity index (χ1v) is 6.63. The fourth-order valence-corrected chi connectivity index (χ4v) is 2.09. The summed E-state index contributed by atoms with van der Waals surface area (Å²) in [6.45, 7) is -0.537. The van der Waals surface area contributed by atoms with Crippen LogP contribution >= 0.6 is 15.9 Å². The molecular weight excluding hydrogens is 346 g/mol. The topological polar surface area (TPSA) is 78.3 Å². The summed E-state index contributed by atoms with van der Waals surface area (Å²) in [6, 6.07) is 6.52. The molecular formula is C14H11BrF2N2O2. The van der Waals surface area contributed by atoms with E-state index in [1.54, 1.807) is 0 Å². The Morgan fingerprint density at radius 1 is 1.14 bits per heavy atom. The third kappa shape index (κ3) is 3.49. The Hall–Kier alpha value is -2.15. The van der Waals surface area contributed by atoms with Gasteiger partial charge in [0.1, 0.15) is 18.2 Å². The number of nitrogens with two attached hydrogens (primary N) is 2. The standard InChI is InChI=1S/C14H11BrF2N2O2/c15-11-1-2-12(16)10(13(11)17)6-21-14(20)7-3-8(18)5-9(19)4-7/h1-5H,6,18-19H2. The Bertz CT molecular complexity index is 687. The summed E-state index contributed by atoms with van der Waals surface area (Å²) in [6.07, 6.45) is 0. The summed E-state index contributed by atoms with van der Waals surface area (Å²) in [7, 11) is 0. The van der Waals surface area contributed by atoms with Crippen LogP contribution in [0.4, 0.5) is 20.2 Å². The number of nitrogen functional groups attached to an aromatic ring is 2. The van der Waals surface area contributed by atoms with Crippen LogP contribution in [0.15, 0.2) is 34.8 Å². The number of ether oxygens (including phenoxy) is 1. The highest BCUT2D eigenvalue weighted by Gasteiger charge is 2.15. The summed E-state index contributed by atoms with van der Waals surface area (Å²) >= 11 is 2.94. The molecule has 7 heteroatoms. The molecule has 0 heterocycles. The zero-order valence-corrected chi connectivity index (χ0v) is 12.3. The van der Waals surface area contributed by atoms with Gasteiger partial charge < -0.3 is 16.2 Å². The number of hydrogen-bond donors (Lipinski definition) is 2. The second kappa shape index (κ2) is 6.09. The number of rotatable bonds is 3. The quantitative estimate of drug-likeness (QED) is 0.502. The second-order valence-electron chi connectivity index (χ2n) is 4.29. The number of anilines is 2. The average molecular weight is 357 g/mol. The third-order valence-corrected chi connectivity index (χ3v) is 3.31. The molecule has 0 aliphatic rings. The van der Waals surface area contributed by atoms with Gasteiger partial charge in [-0.25, -0.2) is 13.6 Å². The van der Waals surface area contributed by atoms with Gasteiger partial charge in [-0.1, -0.05) is 0 Å². The van der Waals surface area contributed by atoms with Crippen molar-refractivity contribution < 1.29 is 18.3 Å². The molecule has 0 unspecified atom stereocenters. The highest BCUT2D eigenvalue weighted by molar-refractivity contribution is 9.10. The molecule has 21 heavy (non-hydrogen) atoms. The van der Waals surface area contributed by atoms with Gasteiger partial charge in [-0.15, -0.1) is 0 Å². The lowest BCUT2D eigenvalue weighted by Gasteiger charge is -2.09. The van der Waals surface area contributed by atoms with Crippen molar-refractivity contribution in [3.8, 4) is 0 Å². The first-order valence-electron chi connectivity index (χ1n) is 5.84. The molecule has 0 bridgehead atoms. The Labute approximate surface area is 127 Å². The average Bonchev–Trinajstić information content (AvgIpc) is 2.41. The van der Waals surface area contributed by atoms with Gasteiger partial charge in [0.15, 0.2) is 0 Å². The van der Waals surface area contributed by atoms with E-state index in [1.165, 1.54) is 24.3 Å². The van der Waals surface area contributed by atoms with Crippen LogP contribution in [-0.2, 0) is 11.3 Å². The molecule has 2 rings (SSSR count). The molecule has 4 nitrogen and oxygen atoms in total. The van der Waals surface area contributed by atoms with Gasteiger partial charge >= 0.3 is 5.97 Å². The molecule has 2 aromatic carbocycles. The number of carbonyl (C=O) groups excluding carboxylic acids is 1. The zero-order valence-electron chi connectivity index (χ0n) is 10.7. The molecule has 0 aliphatic carbocycles. The molecule has 0 aromatic heterocycles. The minimum Gasteiger partial charge on any atom is -0.457 e. The van der Waals surface area contributed by atoms with Gasteiger partial charge in [0.25, 0.3) is 0 Å². The van der Waals surface area contributed by atoms with E-state index >= 15 is 0 Å². The van der Waals surface area contributed by atoms with E-state index in [2.05, 4.69) is 15.9 Å². The molecule has 2 aromatic rings. The van der Waals surface area contributed by atoms with E-state index < -0.39 is 24.2 Å². The molecule has 110 valence electrons. The second-order valence-corrected chi connectivity index (χ2v) is 5.14. The maximum absolute atomic E-state index is 13.7. The van der Waals surface area contributed by atoms with Crippen LogP contribution in [0.1, 0.15) is 15.9 Å². The van der Waals surface area contributed by atoms with Gasteiger partial charge in [-0.2, -0.15) is 0 Å². The van der Waals surface area contributed by atoms with Gasteiger partial charge in [-0.05, 0) is 46.3 Å². The van der Waals surface area contributed by atoms with Crippen molar-refractivity contribution in [1.29, 1.82) is 0 Å². The lowest BCUT2D eigenvalue weighted by molar-refractivity contribution is 0.0465. The van der Waals surface area contributed by atoms with Crippen molar-refractivity contribution >= 4 is 33.3 Å². The molecule has 0 amide bonds. The first kappa shape index (κ1) is 15.2. The lowest BCUT2D eigenvalue weighted by Crippen LogP contribution is -2.09. The normalized spacial score (nSPS) is 10.4. The van der Waals surface area contributed by atoms with Crippen molar-refractivity contribution in [2.24, 2.45) is 0 Å². The Morgan fingerprint density at radius 2 is 1.76 bits per heavy atom. The maximum Gasteiger partial charge on any atom is 0.338 e. The molecule has 0 radical (unpaired) electrons. The first-order chi connectivity index (χ1) is 9.88. The summed E-state index contributed by atoms with van der Waals surface area (Å²) in [4.78, 5) is 11.8. The van der Waals surface area contributed by atoms with Crippen LogP contribution in [0.5, 0.6) is 0 Å². The Kier molecular flexibility index (Phi) is 4.42. The van der Waals surface area contributed by atoms with Crippen LogP contribution in [-0.4, -0.2) is 5.97 Å². The zero-order chi connectivity index (χ0) is 15.6. The predicted molar refractivity (Wildman–Crippen MR) is 78.4 cm³/mol. The van der Waals surface area contributed by atoms with Gasteiger partial charge in [0, 0.05) is 11.4 Å². The van der Waals surface area contributed by atoms with Crippen molar-refractivity contribution in [2.45, 2.75) is 6.61 Å². The summed E-state index contributed by atoms with van der Waals surface area (Å²) in [5.74, 6) is -2.38. The van der Waals surface area contributed by atoms with Crippen molar-refractivity contribution in [1.82, 2.24) is 0 Å². The lowest BCUT2D eigenvalue weighted by atomic mass is 10.1. The minimum absolute atomic E-state index is 0.0862. The van der Waals surface area contributed by atoms with Gasteiger partial charge in [-0.3, -0.25) is 0 Å². The SMILES string of the molecule is Nc1cc(N)cc(C(=O)OCc2c(F)ccc(Br)c2F)c1. The largest absolute Gasteiger partial charge is 0.457 e. The van der Waals surface area contributed by atoms with E-state index in [-0.39, 0.29) is 15.6 Å². The predicted octanol–water partition coefficient (Wildman–Crippen LogP) is 3.25. The van der Waals surface area contributed by atoms with E-state index in [0.717, 1.165) is 6.07 Å². The molecule has 0 saturated carbocycles. The highest BCUT2D eigenvalue weighted by Crippen LogP contribution is 2.23. The van der Waals surface area contributed by atoms with E-state index in [0.29, 0.717) is 11.4 Å². The number of halogens is 3. The van der Waals surface area contributed by atoms with E-state index in [4.69, 9.17) is 16.2 Å². The summed E-state index contributed by atoms with van der Waals surface area (Å²) < 4.78 is 32.2. The van der Waals surface area contributed by atoms with Gasteiger partial charge in [0.2, 0.25) is 0 Å². The number of benzene rings is 2. The van der Waals surface area contributed by atoms with Crippen LogP contribution in [0.2, 0.25) is 0 Å². The number of hydrogen-bond acceptors (Lipinski definition) is 4. The molecule has 0 spiro atoms. The Balaban J connectivity index is 2.17. The van der Waals surface area contributed by atoms with E-state index in [1.807, 2.05) is 0 Å². The number of carbonyl (C=O) groups is 1. The van der Waals surface area contributed by atoms with Gasteiger partial charge in [0.05, 0.1) is 15.6 Å². The smallest absolute Gasteiger partial charge is 0.338 e. The van der Waals surface area contributed by atoms with Crippen LogP contribution in [0.3, 0.4) is 0 Å². The highest BCUT2D eigenvalue weighted by atomic mass is 79.9. The molecule has 0 saturated heterocycles. The van der Waals surface area contributed by atoms with Crippen molar-refractivity contribution in [3.63, 3.8) is 0 Å². The molecule has 0 atom stereocenters. The molecule has 4 N–H and O–H groups in total. The molecule has 0 fully saturated rings. The third-order valence-electron chi connectivity index (χ3n) is 2.70. The van der Waals surface area contributed by atoms with Crippen molar-refractivity contribution in [3.05, 3.63) is 57.6 Å². The minimum atomic E-state index is -0.810. The maximum atomic E-state index is 13.7. The Morgan fingerprint density at radius 3 is 2.38 bits per heavy atom. The van der Waals surface area contributed by atoms with Crippen molar-refractivity contribution in [2.75, 3.05) is 11.5 Å².